The highest BCUT2D eigenvalue weighted by Gasteiger charge is 2.52. The highest BCUT2D eigenvalue weighted by Crippen LogP contribution is 2.36. The zero-order valence-corrected chi connectivity index (χ0v) is 14.8. The molecule has 0 aromatic heterocycles. The lowest BCUT2D eigenvalue weighted by Crippen LogP contribution is -2.50. The van der Waals surface area contributed by atoms with Gasteiger partial charge in [0.1, 0.15) is 12.1 Å². The van der Waals surface area contributed by atoms with Crippen molar-refractivity contribution < 1.29 is 19.2 Å². The average molecular weight is 350 g/mol. The van der Waals surface area contributed by atoms with E-state index in [1.165, 1.54) is 11.9 Å². The molecule has 8 nitrogen and oxygen atoms in total. The third kappa shape index (κ3) is 3.77. The van der Waals surface area contributed by atoms with Crippen molar-refractivity contribution >= 4 is 23.8 Å². The molecule has 0 unspecified atom stereocenters. The maximum Gasteiger partial charge on any atom is 0.325 e. The van der Waals surface area contributed by atoms with Crippen LogP contribution in [0.2, 0.25) is 0 Å². The summed E-state index contributed by atoms with van der Waals surface area (Å²) in [7, 11) is 1.51. The number of urea groups is 1. The van der Waals surface area contributed by atoms with E-state index in [-0.39, 0.29) is 30.9 Å². The summed E-state index contributed by atoms with van der Waals surface area (Å²) in [5.74, 6) is -0.403. The fraction of sp³-hybridized carbons (Fsp3) is 0.765. The van der Waals surface area contributed by atoms with Crippen LogP contribution in [0.5, 0.6) is 0 Å². The van der Waals surface area contributed by atoms with Gasteiger partial charge in [0.15, 0.2) is 0 Å². The Morgan fingerprint density at radius 1 is 1.24 bits per heavy atom. The van der Waals surface area contributed by atoms with E-state index >= 15 is 0 Å². The van der Waals surface area contributed by atoms with Crippen LogP contribution in [0, 0.1) is 5.92 Å². The molecule has 3 rings (SSSR count). The Balaban J connectivity index is 1.56. The van der Waals surface area contributed by atoms with Crippen LogP contribution in [0.25, 0.3) is 0 Å². The molecule has 0 aromatic rings. The largest absolute Gasteiger partial charge is 0.352 e. The van der Waals surface area contributed by atoms with Gasteiger partial charge < -0.3 is 15.5 Å². The van der Waals surface area contributed by atoms with Crippen molar-refractivity contribution in [1.29, 1.82) is 0 Å². The second-order valence-electron chi connectivity index (χ2n) is 7.68. The number of carbonyl (C=O) groups excluding carboxylic acids is 4. The summed E-state index contributed by atoms with van der Waals surface area (Å²) in [5, 5.41) is 5.61. The Bertz CT molecular complexity index is 593. The minimum atomic E-state index is -0.841. The quantitative estimate of drug-likeness (QED) is 0.693. The van der Waals surface area contributed by atoms with E-state index < -0.39 is 17.5 Å². The number of nitrogens with one attached hydrogen (secondary N) is 2. The molecule has 1 spiro atoms. The van der Waals surface area contributed by atoms with Crippen LogP contribution < -0.4 is 10.6 Å². The van der Waals surface area contributed by atoms with E-state index in [1.54, 1.807) is 0 Å². The standard InChI is InChI=1S/C17H26N4O4/c1-11-5-7-17(8-6-11)15(24)21(16(25)19-17)10-14(23)20(2)9-13(22)18-12-3-4-12/h11-12H,3-10H2,1-2H3,(H,18,22)(H,19,25). The van der Waals surface area contributed by atoms with E-state index in [4.69, 9.17) is 0 Å². The molecule has 3 fully saturated rings. The van der Waals surface area contributed by atoms with Crippen LogP contribution in [0.4, 0.5) is 4.79 Å². The summed E-state index contributed by atoms with van der Waals surface area (Å²) in [6.07, 6.45) is 4.95. The van der Waals surface area contributed by atoms with Crippen molar-refractivity contribution in [2.24, 2.45) is 5.92 Å². The van der Waals surface area contributed by atoms with Gasteiger partial charge in [-0.05, 0) is 44.4 Å². The van der Waals surface area contributed by atoms with E-state index in [0.29, 0.717) is 18.8 Å². The van der Waals surface area contributed by atoms with Gasteiger partial charge in [-0.2, -0.15) is 0 Å². The zero-order valence-electron chi connectivity index (χ0n) is 14.8. The molecule has 8 heteroatoms. The van der Waals surface area contributed by atoms with Gasteiger partial charge in [0.25, 0.3) is 5.91 Å². The highest BCUT2D eigenvalue weighted by molar-refractivity contribution is 6.09. The second kappa shape index (κ2) is 6.65. The van der Waals surface area contributed by atoms with Crippen molar-refractivity contribution in [3.8, 4) is 0 Å². The fourth-order valence-corrected chi connectivity index (χ4v) is 3.47. The number of carbonyl (C=O) groups is 4. The third-order valence-corrected chi connectivity index (χ3v) is 5.42. The lowest BCUT2D eigenvalue weighted by atomic mass is 9.77. The van der Waals surface area contributed by atoms with E-state index in [0.717, 1.165) is 30.6 Å². The second-order valence-corrected chi connectivity index (χ2v) is 7.68. The SMILES string of the molecule is CC1CCC2(CC1)NC(=O)N(CC(=O)N(C)CC(=O)NC1CC1)C2=O. The van der Waals surface area contributed by atoms with Crippen molar-refractivity contribution in [2.75, 3.05) is 20.1 Å². The molecule has 5 amide bonds. The first-order valence-corrected chi connectivity index (χ1v) is 8.98. The molecule has 0 radical (unpaired) electrons. The lowest BCUT2D eigenvalue weighted by molar-refractivity contribution is -0.140. The van der Waals surface area contributed by atoms with Gasteiger partial charge in [0.2, 0.25) is 11.8 Å². The first-order valence-electron chi connectivity index (χ1n) is 8.98. The van der Waals surface area contributed by atoms with Gasteiger partial charge in [0.05, 0.1) is 6.54 Å². The average Bonchev–Trinajstić information content (AvgIpc) is 3.33. The Kier molecular flexibility index (Phi) is 4.71. The van der Waals surface area contributed by atoms with Crippen molar-refractivity contribution in [2.45, 2.75) is 57.0 Å². The summed E-state index contributed by atoms with van der Waals surface area (Å²) in [6.45, 7) is 1.74. The molecule has 1 saturated heterocycles. The van der Waals surface area contributed by atoms with E-state index in [9.17, 15) is 19.2 Å². The fourth-order valence-electron chi connectivity index (χ4n) is 3.47. The van der Waals surface area contributed by atoms with Crippen LogP contribution in [-0.2, 0) is 14.4 Å². The topological polar surface area (TPSA) is 98.8 Å². The normalized spacial score (nSPS) is 28.9. The van der Waals surface area contributed by atoms with Gasteiger partial charge in [-0.3, -0.25) is 19.3 Å². The molecule has 138 valence electrons. The first-order chi connectivity index (χ1) is 11.8. The van der Waals surface area contributed by atoms with Gasteiger partial charge in [-0.1, -0.05) is 6.92 Å². The molecule has 0 aromatic carbocycles. The van der Waals surface area contributed by atoms with Gasteiger partial charge >= 0.3 is 6.03 Å². The summed E-state index contributed by atoms with van der Waals surface area (Å²) < 4.78 is 0. The Morgan fingerprint density at radius 2 is 1.88 bits per heavy atom. The molecule has 0 atom stereocenters. The predicted molar refractivity (Wildman–Crippen MR) is 89.4 cm³/mol. The maximum absolute atomic E-state index is 12.7. The van der Waals surface area contributed by atoms with Crippen LogP contribution in [0.15, 0.2) is 0 Å². The molecule has 0 bridgehead atoms. The van der Waals surface area contributed by atoms with Crippen LogP contribution in [-0.4, -0.2) is 65.3 Å². The number of hydrogen-bond donors (Lipinski definition) is 2. The molecule has 3 aliphatic rings. The number of rotatable bonds is 5. The molecule has 2 aliphatic carbocycles. The van der Waals surface area contributed by atoms with E-state index in [1.807, 2.05) is 0 Å². The number of hydrogen-bond acceptors (Lipinski definition) is 4. The summed E-state index contributed by atoms with van der Waals surface area (Å²) in [5.41, 5.74) is -0.841. The molecule has 1 aliphatic heterocycles. The minimum Gasteiger partial charge on any atom is -0.352 e. The monoisotopic (exact) mass is 350 g/mol. The van der Waals surface area contributed by atoms with Crippen LogP contribution >= 0.6 is 0 Å². The number of likely N-dealkylation sites (N-methyl/N-ethyl adjacent to an activating group) is 1. The van der Waals surface area contributed by atoms with Crippen molar-refractivity contribution in [1.82, 2.24) is 20.4 Å². The van der Waals surface area contributed by atoms with Crippen LogP contribution in [0.3, 0.4) is 0 Å². The number of nitrogens with zero attached hydrogens (tertiary/aromatic N) is 2. The molecule has 2 saturated carbocycles. The Morgan fingerprint density at radius 3 is 2.48 bits per heavy atom. The van der Waals surface area contributed by atoms with Crippen molar-refractivity contribution in [3.05, 3.63) is 0 Å². The van der Waals surface area contributed by atoms with Crippen LogP contribution in [0.1, 0.15) is 45.4 Å². The molecule has 1 heterocycles. The zero-order chi connectivity index (χ0) is 18.2. The third-order valence-electron chi connectivity index (χ3n) is 5.42. The van der Waals surface area contributed by atoms with Crippen molar-refractivity contribution in [3.63, 3.8) is 0 Å². The van der Waals surface area contributed by atoms with Gasteiger partial charge in [-0.25, -0.2) is 4.79 Å². The molecular formula is C17H26N4O4. The molecule has 2 N–H and O–H groups in total. The lowest BCUT2D eigenvalue weighted by Gasteiger charge is -2.33. The number of imide groups is 1. The Labute approximate surface area is 147 Å². The summed E-state index contributed by atoms with van der Waals surface area (Å²) >= 11 is 0. The van der Waals surface area contributed by atoms with Gasteiger partial charge in [-0.15, -0.1) is 0 Å². The first kappa shape index (κ1) is 17.7. The minimum absolute atomic E-state index is 0.0678. The number of amides is 5. The highest BCUT2D eigenvalue weighted by atomic mass is 16.2. The van der Waals surface area contributed by atoms with E-state index in [2.05, 4.69) is 17.6 Å². The maximum atomic E-state index is 12.7. The predicted octanol–water partition coefficient (Wildman–Crippen LogP) is 0.224. The molecular weight excluding hydrogens is 324 g/mol. The molecule has 25 heavy (non-hydrogen) atoms. The summed E-state index contributed by atoms with van der Waals surface area (Å²) in [6, 6.07) is -0.278. The summed E-state index contributed by atoms with van der Waals surface area (Å²) in [4.78, 5) is 51.3. The smallest absolute Gasteiger partial charge is 0.325 e. The Hall–Kier alpha value is -2.12. The van der Waals surface area contributed by atoms with Gasteiger partial charge in [0, 0.05) is 13.1 Å².